The normalized spacial score (nSPS) is 12.6. The van der Waals surface area contributed by atoms with Crippen molar-refractivity contribution in [2.24, 2.45) is 0 Å². The second kappa shape index (κ2) is 17.8. The third-order valence-electron chi connectivity index (χ3n) is 4.65. The van der Waals surface area contributed by atoms with Crippen LogP contribution in [0.3, 0.4) is 0 Å². The fourth-order valence-electron chi connectivity index (χ4n) is 2.89. The number of rotatable bonds is 16. The Bertz CT molecular complexity index is 502. The summed E-state index contributed by atoms with van der Waals surface area (Å²) in [4.78, 5) is 10.4. The average molecular weight is 375 g/mol. The number of unbranched alkanes of at least 4 members (excludes halogenated alkanes) is 5. The number of allylic oxidation sites excluding steroid dienone is 8. The summed E-state index contributed by atoms with van der Waals surface area (Å²) < 4.78 is 0. The van der Waals surface area contributed by atoms with Crippen LogP contribution in [-0.4, -0.2) is 11.1 Å². The molecule has 0 saturated carbocycles. The van der Waals surface area contributed by atoms with Crippen LogP contribution in [0.2, 0.25) is 0 Å². The molecule has 0 fully saturated rings. The molecule has 0 aromatic rings. The average Bonchev–Trinajstić information content (AvgIpc) is 2.59. The Labute approximate surface area is 168 Å². The van der Waals surface area contributed by atoms with Crippen molar-refractivity contribution in [2.45, 2.75) is 105 Å². The van der Waals surface area contributed by atoms with Gasteiger partial charge in [0.15, 0.2) is 0 Å². The molecule has 0 heterocycles. The third kappa shape index (κ3) is 20.6. The van der Waals surface area contributed by atoms with Crippen molar-refractivity contribution >= 4 is 5.97 Å². The molecular formula is C25H42O2. The molecule has 0 radical (unpaired) electrons. The van der Waals surface area contributed by atoms with E-state index < -0.39 is 5.97 Å². The third-order valence-corrected chi connectivity index (χ3v) is 4.65. The van der Waals surface area contributed by atoms with Gasteiger partial charge in [-0.2, -0.15) is 0 Å². The summed E-state index contributed by atoms with van der Waals surface area (Å²) >= 11 is 0. The van der Waals surface area contributed by atoms with Gasteiger partial charge in [0.25, 0.3) is 0 Å². The second-order valence-electron chi connectivity index (χ2n) is 7.87. The minimum Gasteiger partial charge on any atom is -0.481 e. The molecule has 1 N–H and O–H groups in total. The Balaban J connectivity index is 3.67. The van der Waals surface area contributed by atoms with Gasteiger partial charge in [0.05, 0.1) is 0 Å². The molecule has 0 aliphatic rings. The molecular weight excluding hydrogens is 332 g/mol. The SMILES string of the molecule is CC(C)=CCC/C(C)=C/CC/C(C)=C/C/C=C/CCCCCCCC(=O)O. The van der Waals surface area contributed by atoms with E-state index in [-0.39, 0.29) is 0 Å². The van der Waals surface area contributed by atoms with Crippen molar-refractivity contribution in [3.8, 4) is 0 Å². The van der Waals surface area contributed by atoms with Gasteiger partial charge in [-0.05, 0) is 79.1 Å². The molecule has 27 heavy (non-hydrogen) atoms. The largest absolute Gasteiger partial charge is 0.481 e. The molecule has 0 aromatic heterocycles. The van der Waals surface area contributed by atoms with Crippen LogP contribution >= 0.6 is 0 Å². The first kappa shape index (κ1) is 25.4. The zero-order chi connectivity index (χ0) is 20.3. The molecule has 0 saturated heterocycles. The van der Waals surface area contributed by atoms with Crippen molar-refractivity contribution < 1.29 is 9.90 Å². The van der Waals surface area contributed by atoms with Gasteiger partial charge in [0, 0.05) is 6.42 Å². The molecule has 0 atom stereocenters. The maximum absolute atomic E-state index is 10.4. The molecule has 154 valence electrons. The summed E-state index contributed by atoms with van der Waals surface area (Å²) in [6.45, 7) is 8.80. The van der Waals surface area contributed by atoms with Crippen LogP contribution in [0, 0.1) is 0 Å². The summed E-state index contributed by atoms with van der Waals surface area (Å²) in [5.74, 6) is -0.674. The van der Waals surface area contributed by atoms with Gasteiger partial charge in [-0.3, -0.25) is 4.79 Å². The molecule has 0 aromatic carbocycles. The van der Waals surface area contributed by atoms with Crippen molar-refractivity contribution in [3.05, 3.63) is 47.1 Å². The fraction of sp³-hybridized carbons (Fsp3) is 0.640. The second-order valence-corrected chi connectivity index (χ2v) is 7.87. The summed E-state index contributed by atoms with van der Waals surface area (Å²) in [5, 5.41) is 8.58. The maximum atomic E-state index is 10.4. The highest BCUT2D eigenvalue weighted by molar-refractivity contribution is 5.66. The van der Waals surface area contributed by atoms with Gasteiger partial charge < -0.3 is 5.11 Å². The van der Waals surface area contributed by atoms with Crippen LogP contribution in [0.1, 0.15) is 105 Å². The van der Waals surface area contributed by atoms with Gasteiger partial charge in [-0.25, -0.2) is 0 Å². The summed E-state index contributed by atoms with van der Waals surface area (Å²) in [5.41, 5.74) is 4.39. The minimum atomic E-state index is -0.674. The molecule has 0 spiro atoms. The number of aliphatic carboxylic acids is 1. The summed E-state index contributed by atoms with van der Waals surface area (Å²) in [6, 6.07) is 0. The standard InChI is InChI=1S/C25H42O2/c1-22(2)16-14-18-24(4)20-15-19-23(3)17-12-10-8-6-5-7-9-11-13-21-25(26)27/h8,10,16-17,20H,5-7,9,11-15,18-19,21H2,1-4H3,(H,26,27)/b10-8+,23-17+,24-20+. The summed E-state index contributed by atoms with van der Waals surface area (Å²) in [6.07, 6.45) is 24.2. The molecule has 0 unspecified atom stereocenters. The quantitative estimate of drug-likeness (QED) is 0.218. The van der Waals surface area contributed by atoms with E-state index in [1.54, 1.807) is 0 Å². The van der Waals surface area contributed by atoms with Crippen molar-refractivity contribution in [3.63, 3.8) is 0 Å². The molecule has 0 bridgehead atoms. The lowest BCUT2D eigenvalue weighted by Crippen LogP contribution is -1.93. The zero-order valence-corrected chi connectivity index (χ0v) is 18.2. The van der Waals surface area contributed by atoms with E-state index in [4.69, 9.17) is 5.11 Å². The van der Waals surface area contributed by atoms with Crippen molar-refractivity contribution in [1.29, 1.82) is 0 Å². The van der Waals surface area contributed by atoms with E-state index in [2.05, 4.69) is 58.1 Å². The van der Waals surface area contributed by atoms with Crippen LogP contribution in [0.15, 0.2) is 47.1 Å². The van der Waals surface area contributed by atoms with E-state index in [0.29, 0.717) is 6.42 Å². The van der Waals surface area contributed by atoms with E-state index in [1.807, 2.05) is 0 Å². The fourth-order valence-corrected chi connectivity index (χ4v) is 2.89. The monoisotopic (exact) mass is 374 g/mol. The number of carboxylic acids is 1. The van der Waals surface area contributed by atoms with Gasteiger partial charge in [-0.15, -0.1) is 0 Å². The van der Waals surface area contributed by atoms with E-state index >= 15 is 0 Å². The number of hydrogen-bond acceptors (Lipinski definition) is 1. The molecule has 2 nitrogen and oxygen atoms in total. The van der Waals surface area contributed by atoms with Gasteiger partial charge >= 0.3 is 5.97 Å². The predicted molar refractivity (Wildman–Crippen MR) is 119 cm³/mol. The molecule has 2 heteroatoms. The zero-order valence-electron chi connectivity index (χ0n) is 18.2. The lowest BCUT2D eigenvalue weighted by atomic mass is 10.1. The van der Waals surface area contributed by atoms with Gasteiger partial charge in [-0.1, -0.05) is 66.4 Å². The molecule has 0 amide bonds. The van der Waals surface area contributed by atoms with Crippen LogP contribution in [0.4, 0.5) is 0 Å². The highest BCUT2D eigenvalue weighted by Gasteiger charge is 1.96. The highest BCUT2D eigenvalue weighted by atomic mass is 16.4. The van der Waals surface area contributed by atoms with E-state index in [9.17, 15) is 4.79 Å². The van der Waals surface area contributed by atoms with Crippen LogP contribution in [-0.2, 0) is 4.79 Å². The predicted octanol–water partition coefficient (Wildman–Crippen LogP) is 8.17. The van der Waals surface area contributed by atoms with Crippen molar-refractivity contribution in [1.82, 2.24) is 0 Å². The number of hydrogen-bond donors (Lipinski definition) is 1. The van der Waals surface area contributed by atoms with Crippen LogP contribution < -0.4 is 0 Å². The Morgan fingerprint density at radius 3 is 1.93 bits per heavy atom. The van der Waals surface area contributed by atoms with Gasteiger partial charge in [0.1, 0.15) is 0 Å². The van der Waals surface area contributed by atoms with Gasteiger partial charge in [0.2, 0.25) is 0 Å². The Morgan fingerprint density at radius 2 is 1.26 bits per heavy atom. The number of carboxylic acid groups (broad SMARTS) is 1. The Kier molecular flexibility index (Phi) is 16.8. The topological polar surface area (TPSA) is 37.3 Å². The van der Waals surface area contributed by atoms with Crippen LogP contribution in [0.25, 0.3) is 0 Å². The van der Waals surface area contributed by atoms with Crippen molar-refractivity contribution in [2.75, 3.05) is 0 Å². The number of carbonyl (C=O) groups is 1. The van der Waals surface area contributed by atoms with E-state index in [1.165, 1.54) is 36.0 Å². The van der Waals surface area contributed by atoms with E-state index in [0.717, 1.165) is 51.4 Å². The summed E-state index contributed by atoms with van der Waals surface area (Å²) in [7, 11) is 0. The Morgan fingerprint density at radius 1 is 0.667 bits per heavy atom. The first-order valence-electron chi connectivity index (χ1n) is 10.7. The molecule has 0 aliphatic heterocycles. The minimum absolute atomic E-state index is 0.316. The smallest absolute Gasteiger partial charge is 0.303 e. The highest BCUT2D eigenvalue weighted by Crippen LogP contribution is 2.12. The molecule has 0 aliphatic carbocycles. The molecule has 0 rings (SSSR count). The lowest BCUT2D eigenvalue weighted by molar-refractivity contribution is -0.137. The Hall–Kier alpha value is -1.57. The first-order valence-corrected chi connectivity index (χ1v) is 10.7. The first-order chi connectivity index (χ1) is 12.9. The maximum Gasteiger partial charge on any atom is 0.303 e. The van der Waals surface area contributed by atoms with Crippen LogP contribution in [0.5, 0.6) is 0 Å². The lowest BCUT2D eigenvalue weighted by Gasteiger charge is -2.01.